The molecule has 1 nitrogen and oxygen atoms in total. The molecule has 8 aromatic rings. The minimum absolute atomic E-state index is 0.0795. The Labute approximate surface area is 296 Å². The zero-order valence-corrected chi connectivity index (χ0v) is 29.2. The molecule has 0 fully saturated rings. The van der Waals surface area contributed by atoms with Crippen molar-refractivity contribution >= 4 is 64.4 Å². The van der Waals surface area contributed by atoms with Crippen molar-refractivity contribution in [2.75, 3.05) is 4.90 Å². The first kappa shape index (κ1) is 28.4. The van der Waals surface area contributed by atoms with Crippen molar-refractivity contribution in [1.82, 2.24) is 0 Å². The summed E-state index contributed by atoms with van der Waals surface area (Å²) in [5.41, 5.74) is 11.9. The highest BCUT2D eigenvalue weighted by Crippen LogP contribution is 2.61. The van der Waals surface area contributed by atoms with Crippen LogP contribution in [0.25, 0.3) is 64.0 Å². The summed E-state index contributed by atoms with van der Waals surface area (Å²) in [5.74, 6) is 0.230. The molecule has 0 saturated heterocycles. The Morgan fingerprint density at radius 1 is 0.560 bits per heavy atom. The van der Waals surface area contributed by atoms with E-state index in [0.717, 1.165) is 0 Å². The average Bonchev–Trinajstić information content (AvgIpc) is 3.73. The molecular weight excluding hydrogens is 623 g/mol. The molecule has 2 aliphatic carbocycles. The van der Waals surface area contributed by atoms with Gasteiger partial charge in [0.1, 0.15) is 0 Å². The normalized spacial score (nSPS) is 19.7. The van der Waals surface area contributed by atoms with E-state index >= 15 is 0 Å². The maximum Gasteiger partial charge on any atom is 0.0712 e. The zero-order valence-electron chi connectivity index (χ0n) is 28.4. The van der Waals surface area contributed by atoms with E-state index in [4.69, 9.17) is 0 Å². The van der Waals surface area contributed by atoms with Gasteiger partial charge in [-0.2, -0.15) is 0 Å². The minimum atomic E-state index is -0.269. The van der Waals surface area contributed by atoms with Crippen molar-refractivity contribution in [2.24, 2.45) is 0 Å². The van der Waals surface area contributed by atoms with Crippen LogP contribution in [0.4, 0.5) is 11.4 Å². The lowest BCUT2D eigenvalue weighted by molar-refractivity contribution is 0.544. The maximum atomic E-state index is 2.71. The van der Waals surface area contributed by atoms with Crippen molar-refractivity contribution < 1.29 is 0 Å². The number of thiophene rings is 1. The van der Waals surface area contributed by atoms with Crippen LogP contribution in [-0.4, -0.2) is 5.54 Å². The third-order valence-electron chi connectivity index (χ3n) is 12.1. The van der Waals surface area contributed by atoms with Gasteiger partial charge < -0.3 is 4.90 Å². The predicted molar refractivity (Wildman–Crippen MR) is 215 cm³/mol. The molecule has 0 saturated carbocycles. The fourth-order valence-electron chi connectivity index (χ4n) is 9.75. The average molecular weight is 658 g/mol. The van der Waals surface area contributed by atoms with Crippen LogP contribution in [0.2, 0.25) is 0 Å². The van der Waals surface area contributed by atoms with Crippen LogP contribution in [0, 0.1) is 0 Å². The summed E-state index contributed by atoms with van der Waals surface area (Å²) in [4.78, 5) is 2.71. The molecule has 0 bridgehead atoms. The number of anilines is 2. The highest BCUT2D eigenvalue weighted by atomic mass is 32.1. The number of allylic oxidation sites excluding steroid dienone is 2. The summed E-state index contributed by atoms with van der Waals surface area (Å²) in [5, 5.41) is 7.84. The zero-order chi connectivity index (χ0) is 33.4. The van der Waals surface area contributed by atoms with Gasteiger partial charge in [0.05, 0.1) is 11.2 Å². The van der Waals surface area contributed by atoms with E-state index in [1.165, 1.54) is 92.0 Å². The second-order valence-electron chi connectivity index (χ2n) is 15.0. The lowest BCUT2D eigenvalue weighted by Crippen LogP contribution is -2.42. The van der Waals surface area contributed by atoms with Gasteiger partial charge >= 0.3 is 0 Å². The summed E-state index contributed by atoms with van der Waals surface area (Å²) >= 11 is 1.91. The molecule has 1 aromatic heterocycles. The third-order valence-corrected chi connectivity index (χ3v) is 13.3. The van der Waals surface area contributed by atoms with Crippen LogP contribution in [-0.2, 0) is 5.41 Å². The van der Waals surface area contributed by atoms with E-state index in [-0.39, 0.29) is 16.9 Å². The van der Waals surface area contributed by atoms with E-state index < -0.39 is 0 Å². The summed E-state index contributed by atoms with van der Waals surface area (Å²) in [7, 11) is 0. The van der Waals surface area contributed by atoms with Crippen molar-refractivity contribution in [3.63, 3.8) is 0 Å². The lowest BCUT2D eigenvalue weighted by Gasteiger charge is -2.41. The maximum absolute atomic E-state index is 2.71. The molecule has 2 atom stereocenters. The van der Waals surface area contributed by atoms with Crippen LogP contribution in [0.15, 0.2) is 152 Å². The van der Waals surface area contributed by atoms with Crippen LogP contribution in [0.1, 0.15) is 43.4 Å². The third kappa shape index (κ3) is 3.52. The molecule has 2 heteroatoms. The largest absolute Gasteiger partial charge is 0.330 e. The molecule has 0 radical (unpaired) electrons. The quantitative estimate of drug-likeness (QED) is 0.167. The predicted octanol–water partition coefficient (Wildman–Crippen LogP) is 13.5. The molecular formula is C48H35NS. The SMILES string of the molecule is CC1(C)c2ccccc2-c2cc3c(cc21)N(c1c2ccccc2c(-c2cccc4c2sc2ccccc24)c2ccccc12)C1(C)C=CC=CC31. The smallest absolute Gasteiger partial charge is 0.0712 e. The van der Waals surface area contributed by atoms with Crippen molar-refractivity contribution in [2.45, 2.75) is 37.6 Å². The second-order valence-corrected chi connectivity index (χ2v) is 16.1. The van der Waals surface area contributed by atoms with Crippen molar-refractivity contribution in [1.29, 1.82) is 0 Å². The molecule has 2 heterocycles. The first-order chi connectivity index (χ1) is 24.4. The Kier molecular flexibility index (Phi) is 5.59. The molecule has 7 aromatic carbocycles. The van der Waals surface area contributed by atoms with E-state index in [1.807, 2.05) is 11.3 Å². The van der Waals surface area contributed by atoms with Crippen molar-refractivity contribution in [3.05, 3.63) is 168 Å². The van der Waals surface area contributed by atoms with Crippen LogP contribution >= 0.6 is 11.3 Å². The van der Waals surface area contributed by atoms with E-state index in [9.17, 15) is 0 Å². The van der Waals surface area contributed by atoms with Gasteiger partial charge in [-0.1, -0.05) is 147 Å². The molecule has 11 rings (SSSR count). The van der Waals surface area contributed by atoms with Gasteiger partial charge in [-0.25, -0.2) is 0 Å². The molecule has 0 N–H and O–H groups in total. The summed E-state index contributed by atoms with van der Waals surface area (Å²) in [6.45, 7) is 7.23. The van der Waals surface area contributed by atoms with E-state index in [1.54, 1.807) is 0 Å². The van der Waals surface area contributed by atoms with E-state index in [0.29, 0.717) is 0 Å². The van der Waals surface area contributed by atoms with Gasteiger partial charge in [0.15, 0.2) is 0 Å². The highest BCUT2D eigenvalue weighted by Gasteiger charge is 2.50. The number of nitrogens with zero attached hydrogens (tertiary/aromatic N) is 1. The van der Waals surface area contributed by atoms with Crippen molar-refractivity contribution in [3.8, 4) is 22.3 Å². The Hall–Kier alpha value is -5.44. The first-order valence-corrected chi connectivity index (χ1v) is 18.6. The molecule has 50 heavy (non-hydrogen) atoms. The molecule has 0 spiro atoms. The minimum Gasteiger partial charge on any atom is -0.330 e. The monoisotopic (exact) mass is 657 g/mol. The van der Waals surface area contributed by atoms with Gasteiger partial charge in [0, 0.05) is 53.5 Å². The molecule has 3 aliphatic rings. The molecule has 0 amide bonds. The van der Waals surface area contributed by atoms with Gasteiger partial charge in [0.2, 0.25) is 0 Å². The van der Waals surface area contributed by atoms with Gasteiger partial charge in [0.25, 0.3) is 0 Å². The van der Waals surface area contributed by atoms with Gasteiger partial charge in [-0.05, 0) is 69.3 Å². The second kappa shape index (κ2) is 9.84. The number of benzene rings is 7. The number of hydrogen-bond donors (Lipinski definition) is 0. The van der Waals surface area contributed by atoms with Crippen LogP contribution < -0.4 is 4.90 Å². The summed E-state index contributed by atoms with van der Waals surface area (Å²) < 4.78 is 2.69. The Balaban J connectivity index is 1.25. The number of hydrogen-bond acceptors (Lipinski definition) is 2. The fourth-order valence-corrected chi connectivity index (χ4v) is 11.0. The summed E-state index contributed by atoms with van der Waals surface area (Å²) in [6.07, 6.45) is 9.37. The Morgan fingerprint density at radius 2 is 1.20 bits per heavy atom. The fraction of sp³-hybridized carbons (Fsp3) is 0.125. The topological polar surface area (TPSA) is 3.24 Å². The highest BCUT2D eigenvalue weighted by molar-refractivity contribution is 7.26. The number of rotatable bonds is 2. The van der Waals surface area contributed by atoms with Gasteiger partial charge in [-0.3, -0.25) is 0 Å². The molecule has 2 unspecified atom stereocenters. The molecule has 238 valence electrons. The first-order valence-electron chi connectivity index (χ1n) is 17.7. The van der Waals surface area contributed by atoms with E-state index in [2.05, 4.69) is 177 Å². The van der Waals surface area contributed by atoms with Crippen LogP contribution in [0.5, 0.6) is 0 Å². The number of fused-ring (bicyclic) bond motifs is 11. The standard InChI is InChI=1S/C48H35NS/c1-47(2)39-23-10-8-15-29(39)37-27-38-40-24-12-13-26-48(40,3)49(42(38)28-41(37)47)45-33-19-6-4-17-31(33)44(32-18-5-7-20-34(32)45)36-22-14-21-35-30-16-9-11-25-43(30)50-46(35)36/h4-28,40H,1-3H3. The lowest BCUT2D eigenvalue weighted by atomic mass is 9.79. The summed E-state index contributed by atoms with van der Waals surface area (Å²) in [6, 6.07) is 48.1. The van der Waals surface area contributed by atoms with Crippen LogP contribution in [0.3, 0.4) is 0 Å². The van der Waals surface area contributed by atoms with Gasteiger partial charge in [-0.15, -0.1) is 11.3 Å². The molecule has 1 aliphatic heterocycles. The Morgan fingerprint density at radius 3 is 1.98 bits per heavy atom. The Bertz CT molecular complexity index is 2770.